The number of alkyl halides is 3. The average molecular weight is 382 g/mol. The lowest BCUT2D eigenvalue weighted by Gasteiger charge is -2.29. The van der Waals surface area contributed by atoms with Crippen molar-refractivity contribution in [2.75, 3.05) is 26.8 Å². The monoisotopic (exact) mass is 382 g/mol. The van der Waals surface area contributed by atoms with Gasteiger partial charge in [-0.1, -0.05) is 12.1 Å². The van der Waals surface area contributed by atoms with E-state index in [2.05, 4.69) is 9.72 Å². The van der Waals surface area contributed by atoms with Crippen molar-refractivity contribution in [3.05, 3.63) is 48.2 Å². The van der Waals surface area contributed by atoms with Crippen LogP contribution in [-0.4, -0.2) is 54.9 Å². The third kappa shape index (κ3) is 4.81. The van der Waals surface area contributed by atoms with Crippen LogP contribution in [0, 0.1) is 0 Å². The molecular formula is C18H17F3N2O4. The molecule has 1 aromatic heterocycles. The van der Waals surface area contributed by atoms with E-state index >= 15 is 0 Å². The van der Waals surface area contributed by atoms with Gasteiger partial charge in [-0.25, -0.2) is 4.98 Å². The van der Waals surface area contributed by atoms with Crippen molar-refractivity contribution in [2.45, 2.75) is 12.3 Å². The Bertz CT molecular complexity index is 813. The molecule has 1 atom stereocenters. The fourth-order valence-corrected chi connectivity index (χ4v) is 2.57. The molecule has 1 aromatic carbocycles. The first-order valence-electron chi connectivity index (χ1n) is 8.12. The summed E-state index contributed by atoms with van der Waals surface area (Å²) in [6.07, 6.45) is -3.67. The van der Waals surface area contributed by atoms with E-state index in [1.54, 1.807) is 18.2 Å². The van der Waals surface area contributed by atoms with Crippen LogP contribution >= 0.6 is 0 Å². The molecule has 1 aliphatic heterocycles. The first-order chi connectivity index (χ1) is 12.8. The van der Waals surface area contributed by atoms with Crippen molar-refractivity contribution in [3.63, 3.8) is 0 Å². The number of carbonyl (C=O) groups excluding carboxylic acids is 1. The fraction of sp³-hybridized carbons (Fsp3) is 0.333. The molecule has 9 heteroatoms. The van der Waals surface area contributed by atoms with Crippen molar-refractivity contribution in [3.8, 4) is 17.4 Å². The summed E-state index contributed by atoms with van der Waals surface area (Å²) in [6.45, 7) is -1.09. The molecule has 0 N–H and O–H groups in total. The highest BCUT2D eigenvalue weighted by atomic mass is 19.4. The van der Waals surface area contributed by atoms with Gasteiger partial charge in [0, 0.05) is 13.2 Å². The van der Waals surface area contributed by atoms with E-state index in [4.69, 9.17) is 9.47 Å². The Morgan fingerprint density at radius 2 is 2.00 bits per heavy atom. The summed E-state index contributed by atoms with van der Waals surface area (Å²) < 4.78 is 53.2. The minimum absolute atomic E-state index is 0.0543. The molecule has 0 saturated heterocycles. The van der Waals surface area contributed by atoms with Gasteiger partial charge in [-0.2, -0.15) is 13.2 Å². The maximum Gasteiger partial charge on any atom is 0.422 e. The molecule has 1 aliphatic rings. The number of rotatable bonds is 5. The Morgan fingerprint density at radius 3 is 2.74 bits per heavy atom. The highest BCUT2D eigenvalue weighted by molar-refractivity contribution is 5.96. The average Bonchev–Trinajstić information content (AvgIpc) is 2.65. The number of aromatic nitrogens is 1. The van der Waals surface area contributed by atoms with E-state index in [0.717, 1.165) is 0 Å². The van der Waals surface area contributed by atoms with Crippen molar-refractivity contribution in [2.24, 2.45) is 0 Å². The van der Waals surface area contributed by atoms with Gasteiger partial charge in [0.25, 0.3) is 5.91 Å². The first-order valence-corrected chi connectivity index (χ1v) is 8.12. The third-order valence-corrected chi connectivity index (χ3v) is 3.77. The maximum absolute atomic E-state index is 12.6. The number of fused-ring (bicyclic) bond motifs is 1. The number of likely N-dealkylation sites (N-methyl/N-ethyl adjacent to an activating group) is 1. The first kappa shape index (κ1) is 18.8. The molecule has 0 radical (unpaired) electrons. The molecule has 1 unspecified atom stereocenters. The Balaban J connectivity index is 1.66. The van der Waals surface area contributed by atoms with Crippen molar-refractivity contribution >= 4 is 5.91 Å². The SMILES string of the molecule is CN(CC1COc2ccccc2O1)C(=O)c1cccnc1OCC(F)(F)F. The molecule has 0 saturated carbocycles. The number of halogens is 3. The molecule has 0 spiro atoms. The molecule has 2 aromatic rings. The normalized spacial score (nSPS) is 15.9. The Morgan fingerprint density at radius 1 is 1.26 bits per heavy atom. The van der Waals surface area contributed by atoms with Crippen LogP contribution in [0.15, 0.2) is 42.6 Å². The highest BCUT2D eigenvalue weighted by Crippen LogP contribution is 2.31. The smallest absolute Gasteiger partial charge is 0.422 e. The largest absolute Gasteiger partial charge is 0.486 e. The van der Waals surface area contributed by atoms with Crippen LogP contribution in [0.2, 0.25) is 0 Å². The van der Waals surface area contributed by atoms with Crippen LogP contribution in [0.1, 0.15) is 10.4 Å². The van der Waals surface area contributed by atoms with Crippen molar-refractivity contribution < 1.29 is 32.2 Å². The lowest BCUT2D eigenvalue weighted by Crippen LogP contribution is -2.42. The van der Waals surface area contributed by atoms with Crippen LogP contribution in [0.5, 0.6) is 17.4 Å². The van der Waals surface area contributed by atoms with Crippen molar-refractivity contribution in [1.82, 2.24) is 9.88 Å². The minimum atomic E-state index is -4.52. The zero-order valence-corrected chi connectivity index (χ0v) is 14.4. The molecule has 27 heavy (non-hydrogen) atoms. The van der Waals surface area contributed by atoms with E-state index < -0.39 is 24.8 Å². The van der Waals surface area contributed by atoms with E-state index in [0.29, 0.717) is 11.5 Å². The molecule has 144 valence electrons. The van der Waals surface area contributed by atoms with Gasteiger partial charge in [-0.15, -0.1) is 0 Å². The van der Waals surface area contributed by atoms with Crippen LogP contribution in [0.4, 0.5) is 13.2 Å². The molecule has 1 amide bonds. The zero-order valence-electron chi connectivity index (χ0n) is 14.4. The number of benzene rings is 1. The van der Waals surface area contributed by atoms with Gasteiger partial charge in [-0.05, 0) is 24.3 Å². The summed E-state index contributed by atoms with van der Waals surface area (Å²) in [7, 11) is 1.52. The number of ether oxygens (including phenoxy) is 3. The number of hydrogen-bond donors (Lipinski definition) is 0. The molecule has 0 aliphatic carbocycles. The minimum Gasteiger partial charge on any atom is -0.486 e. The second-order valence-corrected chi connectivity index (χ2v) is 5.94. The lowest BCUT2D eigenvalue weighted by atomic mass is 10.2. The summed E-state index contributed by atoms with van der Waals surface area (Å²) in [6, 6.07) is 9.99. The lowest BCUT2D eigenvalue weighted by molar-refractivity contribution is -0.154. The second-order valence-electron chi connectivity index (χ2n) is 5.94. The van der Waals surface area contributed by atoms with Crippen LogP contribution in [-0.2, 0) is 0 Å². The topological polar surface area (TPSA) is 60.9 Å². The standard InChI is InChI=1S/C18H17F3N2O4/c1-23(9-12-10-25-14-6-2-3-7-15(14)27-12)17(24)13-5-4-8-22-16(13)26-11-18(19,20)21/h2-8,12H,9-11H2,1H3. The number of carbonyl (C=O) groups is 1. The quantitative estimate of drug-likeness (QED) is 0.796. The zero-order chi connectivity index (χ0) is 19.4. The van der Waals surface area contributed by atoms with E-state index in [-0.39, 0.29) is 24.6 Å². The van der Waals surface area contributed by atoms with E-state index in [9.17, 15) is 18.0 Å². The van der Waals surface area contributed by atoms with Gasteiger partial charge >= 0.3 is 6.18 Å². The molecule has 6 nitrogen and oxygen atoms in total. The third-order valence-electron chi connectivity index (χ3n) is 3.77. The molecule has 0 fully saturated rings. The summed E-state index contributed by atoms with van der Waals surface area (Å²) in [5.74, 6) is 0.309. The fourth-order valence-electron chi connectivity index (χ4n) is 2.57. The second kappa shape index (κ2) is 7.73. The maximum atomic E-state index is 12.6. The summed E-state index contributed by atoms with van der Waals surface area (Å²) in [4.78, 5) is 17.7. The molecule has 0 bridgehead atoms. The van der Waals surface area contributed by atoms with Crippen molar-refractivity contribution in [1.29, 1.82) is 0 Å². The van der Waals surface area contributed by atoms with Crippen LogP contribution < -0.4 is 14.2 Å². The van der Waals surface area contributed by atoms with Gasteiger partial charge in [0.2, 0.25) is 5.88 Å². The van der Waals surface area contributed by atoms with E-state index in [1.807, 2.05) is 6.07 Å². The number of hydrogen-bond acceptors (Lipinski definition) is 5. The van der Waals surface area contributed by atoms with Gasteiger partial charge in [-0.3, -0.25) is 4.79 Å². The number of para-hydroxylation sites is 2. The summed E-state index contributed by atoms with van der Waals surface area (Å²) >= 11 is 0. The van der Waals surface area contributed by atoms with Gasteiger partial charge in [0.05, 0.1) is 6.54 Å². The number of amides is 1. The van der Waals surface area contributed by atoms with Crippen LogP contribution in [0.3, 0.4) is 0 Å². The van der Waals surface area contributed by atoms with Gasteiger partial charge < -0.3 is 19.1 Å². The Labute approximate surface area is 153 Å². The molecule has 2 heterocycles. The van der Waals surface area contributed by atoms with E-state index in [1.165, 1.54) is 30.3 Å². The number of nitrogens with zero attached hydrogens (tertiary/aromatic N) is 2. The predicted molar refractivity (Wildman–Crippen MR) is 89.1 cm³/mol. The van der Waals surface area contributed by atoms with Gasteiger partial charge in [0.1, 0.15) is 12.2 Å². The Kier molecular flexibility index (Phi) is 5.38. The number of pyridine rings is 1. The Hall–Kier alpha value is -2.97. The molecular weight excluding hydrogens is 365 g/mol. The predicted octanol–water partition coefficient (Wildman–Crippen LogP) is 2.93. The summed E-state index contributed by atoms with van der Waals surface area (Å²) in [5.41, 5.74) is -0.0543. The van der Waals surface area contributed by atoms with Gasteiger partial charge in [0.15, 0.2) is 24.2 Å². The summed E-state index contributed by atoms with van der Waals surface area (Å²) in [5, 5.41) is 0. The van der Waals surface area contributed by atoms with Crippen LogP contribution in [0.25, 0.3) is 0 Å². The molecule has 3 rings (SSSR count). The highest BCUT2D eigenvalue weighted by Gasteiger charge is 2.30.